The van der Waals surface area contributed by atoms with Crippen LogP contribution in [0.2, 0.25) is 0 Å². The third kappa shape index (κ3) is 2.01. The maximum Gasteiger partial charge on any atom is 0.307 e. The quantitative estimate of drug-likeness (QED) is 0.835. The van der Waals surface area contributed by atoms with Gasteiger partial charge in [-0.3, -0.25) is 9.59 Å². The van der Waals surface area contributed by atoms with Gasteiger partial charge in [0.05, 0.1) is 11.8 Å². The maximum atomic E-state index is 12.6. The Morgan fingerprint density at radius 1 is 1.05 bits per heavy atom. The highest BCUT2D eigenvalue weighted by Crippen LogP contribution is 2.65. The summed E-state index contributed by atoms with van der Waals surface area (Å²) in [6, 6.07) is 0.374. The van der Waals surface area contributed by atoms with Gasteiger partial charge < -0.3 is 10.4 Å². The van der Waals surface area contributed by atoms with Crippen LogP contribution in [0.4, 0.5) is 0 Å². The average molecular weight is 291 g/mol. The van der Waals surface area contributed by atoms with Crippen molar-refractivity contribution in [3.63, 3.8) is 0 Å². The van der Waals surface area contributed by atoms with Gasteiger partial charge in [-0.05, 0) is 61.7 Å². The average Bonchev–Trinajstić information content (AvgIpc) is 2.91. The van der Waals surface area contributed by atoms with Crippen molar-refractivity contribution in [1.82, 2.24) is 5.32 Å². The van der Waals surface area contributed by atoms with Crippen molar-refractivity contribution in [1.29, 1.82) is 0 Å². The normalized spacial score (nSPS) is 50.0. The third-order valence-electron chi connectivity index (χ3n) is 6.94. The lowest BCUT2D eigenvalue weighted by Crippen LogP contribution is -2.38. The molecule has 4 rings (SSSR count). The minimum absolute atomic E-state index is 0.0251. The van der Waals surface area contributed by atoms with Crippen molar-refractivity contribution in [3.05, 3.63) is 0 Å². The molecule has 116 valence electrons. The zero-order valence-electron chi connectivity index (χ0n) is 12.6. The first-order valence-corrected chi connectivity index (χ1v) is 8.63. The van der Waals surface area contributed by atoms with E-state index in [9.17, 15) is 14.7 Å². The molecule has 0 heterocycles. The van der Waals surface area contributed by atoms with Gasteiger partial charge in [-0.2, -0.15) is 0 Å². The van der Waals surface area contributed by atoms with Crippen LogP contribution in [0.1, 0.15) is 45.4 Å². The summed E-state index contributed by atoms with van der Waals surface area (Å²) >= 11 is 0. The number of carbonyl (C=O) groups excluding carboxylic acids is 1. The summed E-state index contributed by atoms with van der Waals surface area (Å²) in [5.74, 6) is 1.99. The number of nitrogens with one attached hydrogen (secondary N) is 1. The molecule has 2 N–H and O–H groups in total. The topological polar surface area (TPSA) is 66.4 Å². The van der Waals surface area contributed by atoms with E-state index in [0.717, 1.165) is 36.5 Å². The smallest absolute Gasteiger partial charge is 0.307 e. The maximum absolute atomic E-state index is 12.6. The summed E-state index contributed by atoms with van der Waals surface area (Å²) in [5, 5.41) is 12.6. The largest absolute Gasteiger partial charge is 0.481 e. The van der Waals surface area contributed by atoms with Crippen molar-refractivity contribution in [2.75, 3.05) is 0 Å². The third-order valence-corrected chi connectivity index (χ3v) is 6.94. The fourth-order valence-electron chi connectivity index (χ4n) is 5.83. The molecule has 4 heteroatoms. The molecule has 4 aliphatic carbocycles. The molecule has 1 amide bonds. The van der Waals surface area contributed by atoms with E-state index in [1.807, 2.05) is 0 Å². The lowest BCUT2D eigenvalue weighted by atomic mass is 9.95. The van der Waals surface area contributed by atoms with Crippen LogP contribution in [-0.4, -0.2) is 23.0 Å². The minimum atomic E-state index is -0.790. The first-order chi connectivity index (χ1) is 10.1. The van der Waals surface area contributed by atoms with Gasteiger partial charge in [0.25, 0.3) is 0 Å². The SMILES string of the molecule is CCC1CC(C(=O)O)C(C(=O)NC2C3C4CCC(C4)C23)C1. The molecule has 4 aliphatic rings. The zero-order chi connectivity index (χ0) is 14.7. The molecule has 0 aromatic rings. The van der Waals surface area contributed by atoms with Crippen LogP contribution in [-0.2, 0) is 9.59 Å². The van der Waals surface area contributed by atoms with E-state index in [1.165, 1.54) is 19.3 Å². The Morgan fingerprint density at radius 2 is 1.67 bits per heavy atom. The number of rotatable bonds is 4. The molecule has 4 nitrogen and oxygen atoms in total. The Labute approximate surface area is 125 Å². The predicted molar refractivity (Wildman–Crippen MR) is 77.4 cm³/mol. The fraction of sp³-hybridized carbons (Fsp3) is 0.882. The summed E-state index contributed by atoms with van der Waals surface area (Å²) in [7, 11) is 0. The van der Waals surface area contributed by atoms with E-state index in [4.69, 9.17) is 0 Å². The van der Waals surface area contributed by atoms with Crippen LogP contribution in [0.5, 0.6) is 0 Å². The molecule has 4 fully saturated rings. The van der Waals surface area contributed by atoms with Gasteiger partial charge in [-0.1, -0.05) is 13.3 Å². The number of amides is 1. The van der Waals surface area contributed by atoms with Crippen LogP contribution >= 0.6 is 0 Å². The first kappa shape index (κ1) is 13.6. The van der Waals surface area contributed by atoms with Crippen LogP contribution in [0.15, 0.2) is 0 Å². The van der Waals surface area contributed by atoms with E-state index in [-0.39, 0.29) is 11.8 Å². The molecule has 0 spiro atoms. The molecular formula is C17H25NO3. The standard InChI is InChI=1S/C17H25NO3/c1-2-8-5-11(12(6-8)17(20)21)16(19)18-15-13-9-3-4-10(7-9)14(13)15/h8-15H,2-7H2,1H3,(H,18,19)(H,20,21). The van der Waals surface area contributed by atoms with E-state index < -0.39 is 11.9 Å². The van der Waals surface area contributed by atoms with E-state index >= 15 is 0 Å². The molecule has 2 bridgehead atoms. The second-order valence-electron chi connectivity index (χ2n) is 7.82. The molecule has 0 aliphatic heterocycles. The number of aliphatic carboxylic acids is 1. The summed E-state index contributed by atoms with van der Waals surface area (Å²) in [6.07, 6.45) is 6.47. The highest BCUT2D eigenvalue weighted by atomic mass is 16.4. The Hall–Kier alpha value is -1.06. The van der Waals surface area contributed by atoms with Crippen LogP contribution < -0.4 is 5.32 Å². The van der Waals surface area contributed by atoms with E-state index in [2.05, 4.69) is 12.2 Å². The lowest BCUT2D eigenvalue weighted by Gasteiger charge is -2.17. The molecule has 0 radical (unpaired) electrons. The van der Waals surface area contributed by atoms with Crippen molar-refractivity contribution in [2.24, 2.45) is 41.4 Å². The van der Waals surface area contributed by atoms with Gasteiger partial charge in [0, 0.05) is 6.04 Å². The Bertz CT molecular complexity index is 461. The lowest BCUT2D eigenvalue weighted by molar-refractivity contribution is -0.146. The number of carboxylic acids is 1. The number of fused-ring (bicyclic) bond motifs is 5. The highest BCUT2D eigenvalue weighted by Gasteiger charge is 2.65. The van der Waals surface area contributed by atoms with Crippen molar-refractivity contribution >= 4 is 11.9 Å². The molecule has 7 unspecified atom stereocenters. The van der Waals surface area contributed by atoms with Gasteiger partial charge in [-0.25, -0.2) is 0 Å². The second kappa shape index (κ2) is 4.72. The number of carbonyl (C=O) groups is 2. The van der Waals surface area contributed by atoms with Crippen LogP contribution in [0, 0.1) is 41.4 Å². The van der Waals surface area contributed by atoms with Crippen LogP contribution in [0.25, 0.3) is 0 Å². The number of carboxylic acid groups (broad SMARTS) is 1. The number of hydrogen-bond donors (Lipinski definition) is 2. The van der Waals surface area contributed by atoms with Crippen LogP contribution in [0.3, 0.4) is 0 Å². The summed E-state index contributed by atoms with van der Waals surface area (Å²) in [4.78, 5) is 24.0. The molecular weight excluding hydrogens is 266 g/mol. The van der Waals surface area contributed by atoms with E-state index in [0.29, 0.717) is 18.4 Å². The minimum Gasteiger partial charge on any atom is -0.481 e. The first-order valence-electron chi connectivity index (χ1n) is 8.63. The molecule has 0 saturated heterocycles. The molecule has 7 atom stereocenters. The van der Waals surface area contributed by atoms with E-state index in [1.54, 1.807) is 0 Å². The molecule has 21 heavy (non-hydrogen) atoms. The van der Waals surface area contributed by atoms with Gasteiger partial charge in [-0.15, -0.1) is 0 Å². The zero-order valence-corrected chi connectivity index (χ0v) is 12.6. The van der Waals surface area contributed by atoms with Gasteiger partial charge in [0.2, 0.25) is 5.91 Å². The Balaban J connectivity index is 1.40. The van der Waals surface area contributed by atoms with Gasteiger partial charge in [0.15, 0.2) is 0 Å². The summed E-state index contributed by atoms with van der Waals surface area (Å²) in [5.41, 5.74) is 0. The molecule has 0 aromatic heterocycles. The highest BCUT2D eigenvalue weighted by molar-refractivity contribution is 5.85. The summed E-state index contributed by atoms with van der Waals surface area (Å²) in [6.45, 7) is 2.09. The predicted octanol–water partition coefficient (Wildman–Crippen LogP) is 2.28. The van der Waals surface area contributed by atoms with Crippen molar-refractivity contribution < 1.29 is 14.7 Å². The van der Waals surface area contributed by atoms with Gasteiger partial charge >= 0.3 is 5.97 Å². The van der Waals surface area contributed by atoms with Crippen molar-refractivity contribution in [3.8, 4) is 0 Å². The Morgan fingerprint density at radius 3 is 2.24 bits per heavy atom. The summed E-state index contributed by atoms with van der Waals surface area (Å²) < 4.78 is 0. The second-order valence-corrected chi connectivity index (χ2v) is 7.82. The fourth-order valence-corrected chi connectivity index (χ4v) is 5.83. The monoisotopic (exact) mass is 291 g/mol. The Kier molecular flexibility index (Phi) is 3.05. The van der Waals surface area contributed by atoms with Gasteiger partial charge in [0.1, 0.15) is 0 Å². The van der Waals surface area contributed by atoms with Crippen molar-refractivity contribution in [2.45, 2.75) is 51.5 Å². The molecule has 0 aromatic carbocycles. The molecule has 4 saturated carbocycles. The number of hydrogen-bond acceptors (Lipinski definition) is 2.